The van der Waals surface area contributed by atoms with Gasteiger partial charge in [0, 0.05) is 23.2 Å². The van der Waals surface area contributed by atoms with Crippen LogP contribution in [0.5, 0.6) is 0 Å². The van der Waals surface area contributed by atoms with Crippen molar-refractivity contribution in [2.45, 2.75) is 105 Å². The van der Waals surface area contributed by atoms with E-state index < -0.39 is 29.1 Å². The van der Waals surface area contributed by atoms with E-state index in [9.17, 15) is 27.9 Å². The van der Waals surface area contributed by atoms with Gasteiger partial charge in [-0.15, -0.1) is 0 Å². The Bertz CT molecular complexity index is 957. The molecule has 4 rings (SSSR count). The molecule has 4 nitrogen and oxygen atoms in total. The minimum absolute atomic E-state index is 0.0215. The molecule has 4 aliphatic rings. The molecule has 0 heterocycles. The fourth-order valence-electron chi connectivity index (χ4n) is 8.53. The number of hydrogen-bond acceptors (Lipinski definition) is 2. The van der Waals surface area contributed by atoms with Gasteiger partial charge in [-0.1, -0.05) is 20.3 Å². The Morgan fingerprint density at radius 2 is 1.69 bits per heavy atom. The van der Waals surface area contributed by atoms with E-state index in [4.69, 9.17) is 0 Å². The number of alkyl halides is 3. The second-order valence-electron chi connectivity index (χ2n) is 12.6. The minimum Gasteiger partial charge on any atom is -0.478 e. The molecule has 2 fully saturated rings. The molecule has 0 aromatic rings. The smallest absolute Gasteiger partial charge is 0.412 e. The number of carbonyl (C=O) groups is 2. The quantitative estimate of drug-likeness (QED) is 0.469. The predicted octanol–water partition coefficient (Wildman–Crippen LogP) is 6.76. The number of carbonyl (C=O) groups excluding carboxylic acids is 1. The van der Waals surface area contributed by atoms with Crippen LogP contribution >= 0.6 is 0 Å². The molecule has 196 valence electrons. The van der Waals surface area contributed by atoms with Crippen LogP contribution in [-0.4, -0.2) is 40.1 Å². The maximum absolute atomic E-state index is 14.5. The molecule has 0 radical (unpaired) electrons. The van der Waals surface area contributed by atoms with E-state index in [0.717, 1.165) is 32.1 Å². The van der Waals surface area contributed by atoms with Crippen LogP contribution in [0.2, 0.25) is 0 Å². The van der Waals surface area contributed by atoms with Crippen LogP contribution < -0.4 is 0 Å². The van der Waals surface area contributed by atoms with Crippen LogP contribution in [-0.2, 0) is 9.59 Å². The maximum atomic E-state index is 14.5. The Balaban J connectivity index is 1.88. The summed E-state index contributed by atoms with van der Waals surface area (Å²) in [5.74, 6) is -2.35. The lowest BCUT2D eigenvalue weighted by molar-refractivity contribution is -0.144. The van der Waals surface area contributed by atoms with E-state index in [-0.39, 0.29) is 65.1 Å². The summed E-state index contributed by atoms with van der Waals surface area (Å²) < 4.78 is 43.5. The van der Waals surface area contributed by atoms with Gasteiger partial charge in [-0.2, -0.15) is 13.2 Å². The summed E-state index contributed by atoms with van der Waals surface area (Å²) in [6.45, 7) is 11.7. The SMILES string of the molecule is CC(C)N(C(=O)C1C[C@@]2(C)C(=C(C(F)(F)F)C[C@@H]3[C@H]2CC[C@]2(C)CCC[C@@H]32)C=C1C(=O)O)C(C)C. The number of carboxylic acid groups (broad SMARTS) is 1. The van der Waals surface area contributed by atoms with Gasteiger partial charge in [0.05, 0.1) is 5.92 Å². The second kappa shape index (κ2) is 8.65. The van der Waals surface area contributed by atoms with Gasteiger partial charge in [0.15, 0.2) is 0 Å². The van der Waals surface area contributed by atoms with E-state index >= 15 is 0 Å². The number of allylic oxidation sites excluding steroid dienone is 3. The number of carboxylic acids is 1. The molecule has 1 amide bonds. The first-order valence-electron chi connectivity index (χ1n) is 13.2. The molecule has 7 heteroatoms. The Labute approximate surface area is 207 Å². The largest absolute Gasteiger partial charge is 0.478 e. The molecular formula is C28H40F3NO3. The van der Waals surface area contributed by atoms with Crippen molar-refractivity contribution in [2.75, 3.05) is 0 Å². The summed E-state index contributed by atoms with van der Waals surface area (Å²) in [5, 5.41) is 10.0. The average molecular weight is 496 g/mol. The lowest BCUT2D eigenvalue weighted by Crippen LogP contribution is -2.53. The van der Waals surface area contributed by atoms with Crippen molar-refractivity contribution in [3.8, 4) is 0 Å². The van der Waals surface area contributed by atoms with Gasteiger partial charge >= 0.3 is 12.1 Å². The number of nitrogens with zero attached hydrogens (tertiary/aromatic N) is 1. The van der Waals surface area contributed by atoms with E-state index in [0.29, 0.717) is 0 Å². The summed E-state index contributed by atoms with van der Waals surface area (Å²) in [6.07, 6.45) is 1.71. The van der Waals surface area contributed by atoms with Gasteiger partial charge in [0.25, 0.3) is 0 Å². The van der Waals surface area contributed by atoms with Crippen molar-refractivity contribution in [2.24, 2.45) is 34.5 Å². The van der Waals surface area contributed by atoms with Crippen LogP contribution in [0.25, 0.3) is 0 Å². The lowest BCUT2D eigenvalue weighted by atomic mass is 9.46. The summed E-state index contributed by atoms with van der Waals surface area (Å²) in [4.78, 5) is 27.7. The topological polar surface area (TPSA) is 57.6 Å². The number of amides is 1. The first kappa shape index (κ1) is 26.3. The van der Waals surface area contributed by atoms with Crippen molar-refractivity contribution in [3.05, 3.63) is 22.8 Å². The third kappa shape index (κ3) is 4.15. The minimum atomic E-state index is -4.52. The summed E-state index contributed by atoms with van der Waals surface area (Å²) in [7, 11) is 0. The van der Waals surface area contributed by atoms with Crippen molar-refractivity contribution in [1.82, 2.24) is 4.90 Å². The second-order valence-corrected chi connectivity index (χ2v) is 12.6. The molecule has 6 atom stereocenters. The molecule has 2 saturated carbocycles. The maximum Gasteiger partial charge on any atom is 0.412 e. The summed E-state index contributed by atoms with van der Waals surface area (Å²) in [5.41, 5.74) is -1.43. The molecule has 0 aromatic heterocycles. The van der Waals surface area contributed by atoms with Crippen LogP contribution in [0.4, 0.5) is 13.2 Å². The predicted molar refractivity (Wildman–Crippen MR) is 128 cm³/mol. The van der Waals surface area contributed by atoms with Crippen LogP contribution in [0.3, 0.4) is 0 Å². The third-order valence-corrected chi connectivity index (χ3v) is 9.97. The molecule has 0 aromatic carbocycles. The summed E-state index contributed by atoms with van der Waals surface area (Å²) >= 11 is 0. The van der Waals surface area contributed by atoms with Crippen molar-refractivity contribution >= 4 is 11.9 Å². The number of rotatable bonds is 4. The molecule has 0 spiro atoms. The monoisotopic (exact) mass is 495 g/mol. The van der Waals surface area contributed by atoms with Crippen molar-refractivity contribution in [3.63, 3.8) is 0 Å². The van der Waals surface area contributed by atoms with E-state index in [2.05, 4.69) is 6.92 Å². The molecule has 0 saturated heterocycles. The zero-order valence-electron chi connectivity index (χ0n) is 21.8. The molecule has 4 aliphatic carbocycles. The standard InChI is InChI=1S/C28H40F3NO3/c1-15(2)32(16(3)4)24(33)19-14-27(6)21-9-11-26(5)10-7-8-20(26)18(21)13-23(28(29,30)31)22(27)12-17(19)25(34)35/h12,15-16,18-21H,7-11,13-14H2,1-6H3,(H,34,35)/t18-,19?,20-,21+,26-,27+/m0/s1. The van der Waals surface area contributed by atoms with Crippen LogP contribution in [0, 0.1) is 34.5 Å². The van der Waals surface area contributed by atoms with Crippen molar-refractivity contribution < 1.29 is 27.9 Å². The number of halogens is 3. The Hall–Kier alpha value is -1.79. The van der Waals surface area contributed by atoms with Gasteiger partial charge in [0.2, 0.25) is 5.91 Å². The van der Waals surface area contributed by atoms with E-state index in [1.165, 1.54) is 6.08 Å². The number of fused-ring (bicyclic) bond motifs is 5. The number of hydrogen-bond donors (Lipinski definition) is 1. The third-order valence-electron chi connectivity index (χ3n) is 9.97. The van der Waals surface area contributed by atoms with Gasteiger partial charge < -0.3 is 10.0 Å². The zero-order valence-corrected chi connectivity index (χ0v) is 21.8. The Morgan fingerprint density at radius 1 is 1.06 bits per heavy atom. The molecule has 0 bridgehead atoms. The molecule has 0 aliphatic heterocycles. The highest BCUT2D eigenvalue weighted by Gasteiger charge is 2.61. The fourth-order valence-corrected chi connectivity index (χ4v) is 8.53. The Morgan fingerprint density at radius 3 is 2.23 bits per heavy atom. The fraction of sp³-hybridized carbons (Fsp3) is 0.786. The highest BCUT2D eigenvalue weighted by atomic mass is 19.4. The first-order valence-corrected chi connectivity index (χ1v) is 13.2. The Kier molecular flexibility index (Phi) is 6.50. The van der Waals surface area contributed by atoms with Gasteiger partial charge in [0.1, 0.15) is 0 Å². The number of aliphatic carboxylic acids is 1. The van der Waals surface area contributed by atoms with Gasteiger partial charge in [-0.3, -0.25) is 4.79 Å². The van der Waals surface area contributed by atoms with Crippen LogP contribution in [0.1, 0.15) is 86.5 Å². The zero-order chi connectivity index (χ0) is 26.1. The molecule has 35 heavy (non-hydrogen) atoms. The average Bonchev–Trinajstić information content (AvgIpc) is 3.12. The normalized spacial score (nSPS) is 37.1. The summed E-state index contributed by atoms with van der Waals surface area (Å²) in [6, 6.07) is -0.276. The van der Waals surface area contributed by atoms with Gasteiger partial charge in [-0.05, 0) is 106 Å². The van der Waals surface area contributed by atoms with Crippen LogP contribution in [0.15, 0.2) is 22.8 Å². The van der Waals surface area contributed by atoms with E-state index in [1.54, 1.807) is 4.90 Å². The van der Waals surface area contributed by atoms with Gasteiger partial charge in [-0.25, -0.2) is 4.79 Å². The first-order chi connectivity index (χ1) is 16.1. The lowest BCUT2D eigenvalue weighted by Gasteiger charge is -2.58. The highest BCUT2D eigenvalue weighted by molar-refractivity contribution is 5.97. The van der Waals surface area contributed by atoms with Crippen molar-refractivity contribution in [1.29, 1.82) is 0 Å². The molecule has 1 N–H and O–H groups in total. The highest BCUT2D eigenvalue weighted by Crippen LogP contribution is 2.67. The van der Waals surface area contributed by atoms with E-state index in [1.807, 2.05) is 34.6 Å². The molecular weight excluding hydrogens is 455 g/mol. The molecule has 1 unspecified atom stereocenters.